The Morgan fingerprint density at radius 2 is 1.88 bits per heavy atom. The molecule has 1 aromatic heterocycles. The van der Waals surface area contributed by atoms with Gasteiger partial charge >= 0.3 is 6.09 Å². The van der Waals surface area contributed by atoms with Crippen molar-refractivity contribution in [3.8, 4) is 16.9 Å². The van der Waals surface area contributed by atoms with Crippen LogP contribution in [0.4, 0.5) is 4.79 Å². The quantitative estimate of drug-likeness (QED) is 0.763. The minimum absolute atomic E-state index is 0.421. The molecule has 0 fully saturated rings. The molecule has 0 unspecified atom stereocenters. The van der Waals surface area contributed by atoms with E-state index in [0.29, 0.717) is 6.54 Å². The van der Waals surface area contributed by atoms with Gasteiger partial charge in [0.15, 0.2) is 0 Å². The summed E-state index contributed by atoms with van der Waals surface area (Å²) in [6.07, 6.45) is 1.54. The number of hydrogen-bond acceptors (Lipinski definition) is 3. The molecule has 0 atom stereocenters. The van der Waals surface area contributed by atoms with Crippen LogP contribution in [0.25, 0.3) is 16.9 Å². The molecule has 0 aliphatic carbocycles. The highest BCUT2D eigenvalue weighted by Crippen LogP contribution is 2.23. The Morgan fingerprint density at radius 3 is 2.62 bits per heavy atom. The molecular formula is C21H23N3O2. The Balaban J connectivity index is 1.88. The van der Waals surface area contributed by atoms with Gasteiger partial charge in [0.05, 0.1) is 18.5 Å². The second-order valence-corrected chi connectivity index (χ2v) is 6.42. The van der Waals surface area contributed by atoms with Crippen LogP contribution in [0.5, 0.6) is 0 Å². The van der Waals surface area contributed by atoms with E-state index in [1.54, 1.807) is 0 Å². The van der Waals surface area contributed by atoms with E-state index < -0.39 is 6.09 Å². The van der Waals surface area contributed by atoms with Gasteiger partial charge in [-0.15, -0.1) is 0 Å². The smallest absolute Gasteiger partial charge is 0.407 e. The molecule has 1 amide bonds. The van der Waals surface area contributed by atoms with E-state index >= 15 is 0 Å². The number of nitrogens with zero attached hydrogens (tertiary/aromatic N) is 2. The van der Waals surface area contributed by atoms with Crippen molar-refractivity contribution in [1.82, 2.24) is 15.1 Å². The van der Waals surface area contributed by atoms with Crippen molar-refractivity contribution in [3.63, 3.8) is 0 Å². The molecule has 3 rings (SSSR count). The summed E-state index contributed by atoms with van der Waals surface area (Å²) in [4.78, 5) is 11.3. The maximum absolute atomic E-state index is 11.3. The molecule has 5 heteroatoms. The number of carbonyl (C=O) groups is 1. The van der Waals surface area contributed by atoms with Crippen molar-refractivity contribution in [2.24, 2.45) is 0 Å². The average Bonchev–Trinajstić information content (AvgIpc) is 3.10. The summed E-state index contributed by atoms with van der Waals surface area (Å²) in [6, 6.07) is 14.5. The fraction of sp³-hybridized carbons (Fsp3) is 0.238. The lowest BCUT2D eigenvalue weighted by Crippen LogP contribution is -2.22. The summed E-state index contributed by atoms with van der Waals surface area (Å²) in [5.74, 6) is 0. The number of amides is 1. The Kier molecular flexibility index (Phi) is 5.07. The van der Waals surface area contributed by atoms with Gasteiger partial charge in [-0.25, -0.2) is 9.48 Å². The molecule has 0 aliphatic heterocycles. The number of alkyl carbamates (subject to hydrolysis) is 1. The van der Waals surface area contributed by atoms with Gasteiger partial charge in [0, 0.05) is 18.3 Å². The number of benzene rings is 2. The largest absolute Gasteiger partial charge is 0.453 e. The highest BCUT2D eigenvalue weighted by Gasteiger charge is 2.09. The second-order valence-electron chi connectivity index (χ2n) is 6.42. The zero-order chi connectivity index (χ0) is 18.7. The zero-order valence-corrected chi connectivity index (χ0v) is 15.5. The highest BCUT2D eigenvalue weighted by molar-refractivity contribution is 5.67. The molecule has 0 bridgehead atoms. The molecule has 0 radical (unpaired) electrons. The van der Waals surface area contributed by atoms with Gasteiger partial charge in [0.25, 0.3) is 0 Å². The minimum atomic E-state index is -0.436. The van der Waals surface area contributed by atoms with Gasteiger partial charge in [-0.1, -0.05) is 29.8 Å². The molecule has 0 aliphatic rings. The van der Waals surface area contributed by atoms with E-state index in [4.69, 9.17) is 5.10 Å². The molecule has 3 aromatic rings. The van der Waals surface area contributed by atoms with E-state index in [0.717, 1.165) is 28.1 Å². The van der Waals surface area contributed by atoms with Crippen molar-refractivity contribution in [1.29, 1.82) is 0 Å². The van der Waals surface area contributed by atoms with E-state index in [-0.39, 0.29) is 0 Å². The van der Waals surface area contributed by atoms with Crippen LogP contribution >= 0.6 is 0 Å². The lowest BCUT2D eigenvalue weighted by atomic mass is 10.0. The van der Waals surface area contributed by atoms with Crippen LogP contribution in [0.3, 0.4) is 0 Å². The number of hydrogen-bond donors (Lipinski definition) is 1. The Morgan fingerprint density at radius 1 is 1.08 bits per heavy atom. The maximum Gasteiger partial charge on any atom is 0.407 e. The third kappa shape index (κ3) is 3.77. The fourth-order valence-corrected chi connectivity index (χ4v) is 2.94. The summed E-state index contributed by atoms with van der Waals surface area (Å²) in [7, 11) is 1.36. The first kappa shape index (κ1) is 17.7. The number of nitrogens with one attached hydrogen (secondary N) is 1. The van der Waals surface area contributed by atoms with Crippen molar-refractivity contribution < 1.29 is 9.53 Å². The number of ether oxygens (including phenoxy) is 1. The molecule has 1 N–H and O–H groups in total. The first-order valence-electron chi connectivity index (χ1n) is 8.53. The third-order valence-electron chi connectivity index (χ3n) is 4.44. The van der Waals surface area contributed by atoms with Crippen LogP contribution in [-0.2, 0) is 11.3 Å². The van der Waals surface area contributed by atoms with E-state index in [1.165, 1.54) is 18.2 Å². The van der Waals surface area contributed by atoms with E-state index in [2.05, 4.69) is 48.2 Å². The highest BCUT2D eigenvalue weighted by atomic mass is 16.5. The molecule has 0 spiro atoms. The molecule has 26 heavy (non-hydrogen) atoms. The Hall–Kier alpha value is -3.08. The van der Waals surface area contributed by atoms with Crippen LogP contribution < -0.4 is 5.32 Å². The molecule has 2 aromatic carbocycles. The first-order valence-corrected chi connectivity index (χ1v) is 8.53. The lowest BCUT2D eigenvalue weighted by Gasteiger charge is -2.09. The molecule has 1 heterocycles. The predicted octanol–water partition coefficient (Wildman–Crippen LogP) is 4.32. The van der Waals surface area contributed by atoms with Crippen molar-refractivity contribution in [2.45, 2.75) is 27.3 Å². The van der Waals surface area contributed by atoms with Crippen LogP contribution in [0.15, 0.2) is 48.7 Å². The molecule has 134 valence electrons. The molecular weight excluding hydrogens is 326 g/mol. The van der Waals surface area contributed by atoms with Gasteiger partial charge in [-0.3, -0.25) is 0 Å². The third-order valence-corrected chi connectivity index (χ3v) is 4.44. The van der Waals surface area contributed by atoms with Crippen LogP contribution in [0.1, 0.15) is 22.3 Å². The average molecular weight is 349 g/mol. The second kappa shape index (κ2) is 7.44. The Labute approximate surface area is 153 Å². The monoisotopic (exact) mass is 349 g/mol. The van der Waals surface area contributed by atoms with E-state index in [1.807, 2.05) is 36.0 Å². The number of rotatable bonds is 4. The van der Waals surface area contributed by atoms with E-state index in [9.17, 15) is 4.79 Å². The lowest BCUT2D eigenvalue weighted by molar-refractivity contribution is 0.170. The summed E-state index contributed by atoms with van der Waals surface area (Å²) < 4.78 is 6.53. The summed E-state index contributed by atoms with van der Waals surface area (Å²) >= 11 is 0. The number of carbonyl (C=O) groups excluding carboxylic acids is 1. The van der Waals surface area contributed by atoms with Gasteiger partial charge in [-0.2, -0.15) is 5.10 Å². The minimum Gasteiger partial charge on any atom is -0.453 e. The summed E-state index contributed by atoms with van der Waals surface area (Å²) in [6.45, 7) is 6.62. The normalized spacial score (nSPS) is 10.6. The van der Waals surface area contributed by atoms with Gasteiger partial charge in [-0.05, 0) is 55.7 Å². The fourth-order valence-electron chi connectivity index (χ4n) is 2.94. The molecule has 0 saturated heterocycles. The SMILES string of the molecule is COC(=O)NCc1cc(-c2ccn(-c3ccc(C)cc3C)n2)ccc1C. The topological polar surface area (TPSA) is 56.1 Å². The number of aromatic nitrogens is 2. The van der Waals surface area contributed by atoms with Gasteiger partial charge in [0.1, 0.15) is 0 Å². The van der Waals surface area contributed by atoms with Gasteiger partial charge in [0.2, 0.25) is 0 Å². The predicted molar refractivity (Wildman–Crippen MR) is 102 cm³/mol. The van der Waals surface area contributed by atoms with Crippen LogP contribution in [-0.4, -0.2) is 23.0 Å². The zero-order valence-electron chi connectivity index (χ0n) is 15.5. The number of methoxy groups -OCH3 is 1. The maximum atomic E-state index is 11.3. The number of aryl methyl sites for hydroxylation is 3. The molecule has 5 nitrogen and oxygen atoms in total. The van der Waals surface area contributed by atoms with Crippen molar-refractivity contribution in [2.75, 3.05) is 7.11 Å². The Bertz CT molecular complexity index is 944. The van der Waals surface area contributed by atoms with Gasteiger partial charge < -0.3 is 10.1 Å². The van der Waals surface area contributed by atoms with Crippen LogP contribution in [0, 0.1) is 20.8 Å². The van der Waals surface area contributed by atoms with Crippen molar-refractivity contribution >= 4 is 6.09 Å². The standard InChI is InChI=1S/C21H23N3O2/c1-14-5-8-20(16(3)11-14)24-10-9-19(23-24)17-7-6-15(2)18(12-17)13-22-21(25)26-4/h5-12H,13H2,1-4H3,(H,22,25). The summed E-state index contributed by atoms with van der Waals surface area (Å²) in [5, 5.41) is 7.45. The molecule has 0 saturated carbocycles. The summed E-state index contributed by atoms with van der Waals surface area (Å²) in [5.41, 5.74) is 7.55. The van der Waals surface area contributed by atoms with Crippen LogP contribution in [0.2, 0.25) is 0 Å². The first-order chi connectivity index (χ1) is 12.5. The van der Waals surface area contributed by atoms with Crippen molar-refractivity contribution in [3.05, 3.63) is 70.9 Å².